The van der Waals surface area contributed by atoms with Crippen LogP contribution in [0.1, 0.15) is 38.7 Å². The van der Waals surface area contributed by atoms with Crippen LogP contribution < -0.4 is 0 Å². The normalized spacial score (nSPS) is 32.0. The third kappa shape index (κ3) is 4.07. The summed E-state index contributed by atoms with van der Waals surface area (Å²) >= 11 is 0. The molecule has 2 heterocycles. The van der Waals surface area contributed by atoms with Crippen molar-refractivity contribution in [1.29, 1.82) is 0 Å². The van der Waals surface area contributed by atoms with Gasteiger partial charge in [0.1, 0.15) is 12.2 Å². The number of hydrogen-bond acceptors (Lipinski definition) is 7. The zero-order chi connectivity index (χ0) is 18.9. The van der Waals surface area contributed by atoms with Crippen LogP contribution in [0.15, 0.2) is 30.3 Å². The summed E-state index contributed by atoms with van der Waals surface area (Å²) in [7, 11) is 0. The van der Waals surface area contributed by atoms with Crippen molar-refractivity contribution in [2.24, 2.45) is 0 Å². The first kappa shape index (κ1) is 19.3. The molecule has 2 aliphatic rings. The van der Waals surface area contributed by atoms with E-state index in [4.69, 9.17) is 18.9 Å². The minimum Gasteiger partial charge on any atom is -0.456 e. The lowest BCUT2D eigenvalue weighted by atomic mass is 9.98. The number of aliphatic hydroxyl groups excluding tert-OH is 2. The third-order valence-electron chi connectivity index (χ3n) is 4.70. The highest BCUT2D eigenvalue weighted by molar-refractivity contribution is 5.71. The second kappa shape index (κ2) is 7.62. The van der Waals surface area contributed by atoms with E-state index in [-0.39, 0.29) is 12.3 Å². The molecule has 1 aromatic carbocycles. The van der Waals surface area contributed by atoms with Gasteiger partial charge in [0.2, 0.25) is 0 Å². The number of fused-ring (bicyclic) bond motifs is 1. The summed E-state index contributed by atoms with van der Waals surface area (Å²) in [5, 5.41) is 19.3. The van der Waals surface area contributed by atoms with Gasteiger partial charge in [0, 0.05) is 0 Å². The smallest absolute Gasteiger partial charge is 0.306 e. The van der Waals surface area contributed by atoms with Gasteiger partial charge in [-0.25, -0.2) is 0 Å². The van der Waals surface area contributed by atoms with Gasteiger partial charge in [0.25, 0.3) is 0 Å². The molecular weight excluding hydrogens is 340 g/mol. The van der Waals surface area contributed by atoms with Crippen molar-refractivity contribution in [3.63, 3.8) is 0 Å². The second-order valence-corrected chi connectivity index (χ2v) is 7.29. The fraction of sp³-hybridized carbons (Fsp3) is 0.632. The minimum atomic E-state index is -1.19. The SMILES string of the molecule is CC(CC(=O)O[C@@H]1[C@H]2OC(C)(C)O[C@H]2O[C@@H]1[C@H](O)CO)c1ccccc1. The molecule has 1 aromatic rings. The first-order chi connectivity index (χ1) is 12.3. The van der Waals surface area contributed by atoms with E-state index in [2.05, 4.69) is 0 Å². The first-order valence-electron chi connectivity index (χ1n) is 8.85. The van der Waals surface area contributed by atoms with E-state index >= 15 is 0 Å². The molecular formula is C19H26O7. The van der Waals surface area contributed by atoms with E-state index in [9.17, 15) is 15.0 Å². The van der Waals surface area contributed by atoms with Crippen LogP contribution >= 0.6 is 0 Å². The first-order valence-corrected chi connectivity index (χ1v) is 8.85. The number of carbonyl (C=O) groups excluding carboxylic acids is 1. The fourth-order valence-corrected chi connectivity index (χ4v) is 3.40. The van der Waals surface area contributed by atoms with Crippen molar-refractivity contribution < 1.29 is 34.0 Å². The Morgan fingerprint density at radius 1 is 1.27 bits per heavy atom. The van der Waals surface area contributed by atoms with E-state index in [1.807, 2.05) is 37.3 Å². The molecule has 1 unspecified atom stereocenters. The number of rotatable bonds is 6. The summed E-state index contributed by atoms with van der Waals surface area (Å²) < 4.78 is 22.7. The molecule has 144 valence electrons. The average molecular weight is 366 g/mol. The molecule has 26 heavy (non-hydrogen) atoms. The van der Waals surface area contributed by atoms with Crippen molar-refractivity contribution in [1.82, 2.24) is 0 Å². The number of ether oxygens (including phenoxy) is 4. The van der Waals surface area contributed by atoms with E-state index in [0.717, 1.165) is 5.56 Å². The third-order valence-corrected chi connectivity index (χ3v) is 4.70. The molecule has 7 nitrogen and oxygen atoms in total. The van der Waals surface area contributed by atoms with Crippen molar-refractivity contribution >= 4 is 5.97 Å². The average Bonchev–Trinajstić information content (AvgIpc) is 3.07. The molecule has 6 atom stereocenters. The highest BCUT2D eigenvalue weighted by atomic mass is 16.8. The lowest BCUT2D eigenvalue weighted by Crippen LogP contribution is -2.45. The quantitative estimate of drug-likeness (QED) is 0.733. The molecule has 0 amide bonds. The Hall–Kier alpha value is -1.51. The minimum absolute atomic E-state index is 0.0137. The van der Waals surface area contributed by atoms with Crippen LogP contribution in [-0.4, -0.2) is 59.3 Å². The Labute approximate surface area is 152 Å². The highest BCUT2D eigenvalue weighted by Gasteiger charge is 2.58. The topological polar surface area (TPSA) is 94.5 Å². The highest BCUT2D eigenvalue weighted by Crippen LogP contribution is 2.40. The molecule has 3 rings (SSSR count). The molecule has 0 bridgehead atoms. The van der Waals surface area contributed by atoms with Gasteiger partial charge in [-0.2, -0.15) is 0 Å². The van der Waals surface area contributed by atoms with Gasteiger partial charge < -0.3 is 29.2 Å². The summed E-state index contributed by atoms with van der Waals surface area (Å²) in [6.45, 7) is 4.91. The molecule has 0 aliphatic carbocycles. The molecule has 0 aromatic heterocycles. The van der Waals surface area contributed by atoms with Crippen molar-refractivity contribution in [2.75, 3.05) is 6.61 Å². The molecule has 0 spiro atoms. The summed E-state index contributed by atoms with van der Waals surface area (Å²) in [6, 6.07) is 9.69. The van der Waals surface area contributed by atoms with Gasteiger partial charge >= 0.3 is 5.97 Å². The van der Waals surface area contributed by atoms with Gasteiger partial charge in [0.05, 0.1) is 13.0 Å². The Kier molecular flexibility index (Phi) is 5.64. The maximum Gasteiger partial charge on any atom is 0.306 e. The van der Waals surface area contributed by atoms with Crippen LogP contribution in [0.4, 0.5) is 0 Å². The van der Waals surface area contributed by atoms with E-state index < -0.39 is 49.1 Å². The molecule has 0 saturated carbocycles. The van der Waals surface area contributed by atoms with Gasteiger partial charge in [0.15, 0.2) is 24.3 Å². The predicted octanol–water partition coefficient (Wildman–Crippen LogP) is 1.32. The van der Waals surface area contributed by atoms with E-state index in [0.29, 0.717) is 0 Å². The maximum absolute atomic E-state index is 12.5. The summed E-state index contributed by atoms with van der Waals surface area (Å²) in [5.41, 5.74) is 1.04. The van der Waals surface area contributed by atoms with E-state index in [1.165, 1.54) is 0 Å². The summed E-state index contributed by atoms with van der Waals surface area (Å²) in [4.78, 5) is 12.5. The lowest BCUT2D eigenvalue weighted by Gasteiger charge is -2.28. The van der Waals surface area contributed by atoms with Crippen LogP contribution in [0.5, 0.6) is 0 Å². The largest absolute Gasteiger partial charge is 0.456 e. The van der Waals surface area contributed by atoms with Crippen LogP contribution in [0, 0.1) is 0 Å². The van der Waals surface area contributed by atoms with Crippen molar-refractivity contribution in [3.05, 3.63) is 35.9 Å². The molecule has 2 fully saturated rings. The Bertz CT molecular complexity index is 618. The number of benzene rings is 1. The van der Waals surface area contributed by atoms with Crippen molar-refractivity contribution in [3.8, 4) is 0 Å². The summed E-state index contributed by atoms with van der Waals surface area (Å²) in [6.07, 6.45) is -4.15. The molecule has 2 saturated heterocycles. The van der Waals surface area contributed by atoms with Crippen molar-refractivity contribution in [2.45, 2.75) is 69.6 Å². The van der Waals surface area contributed by atoms with Crippen LogP contribution in [0.3, 0.4) is 0 Å². The second-order valence-electron chi connectivity index (χ2n) is 7.29. The molecule has 7 heteroatoms. The monoisotopic (exact) mass is 366 g/mol. The van der Waals surface area contributed by atoms with Crippen LogP contribution in [-0.2, 0) is 23.7 Å². The maximum atomic E-state index is 12.5. The van der Waals surface area contributed by atoms with Gasteiger partial charge in [-0.3, -0.25) is 4.79 Å². The number of esters is 1. The Balaban J connectivity index is 1.67. The number of hydrogen-bond donors (Lipinski definition) is 2. The standard InChI is InChI=1S/C19H26O7/c1-11(12-7-5-4-6-8-12)9-14(22)23-16-15(13(21)10-20)24-18-17(16)25-19(2,3)26-18/h4-8,11,13,15-18,20-21H,9-10H2,1-3H3/t11?,13-,15-,16+,17-,18-/m1/s1. The number of carbonyl (C=O) groups is 1. The van der Waals surface area contributed by atoms with Crippen LogP contribution in [0.2, 0.25) is 0 Å². The van der Waals surface area contributed by atoms with Gasteiger partial charge in [-0.05, 0) is 25.3 Å². The zero-order valence-corrected chi connectivity index (χ0v) is 15.2. The lowest BCUT2D eigenvalue weighted by molar-refractivity contribution is -0.231. The number of aliphatic hydroxyl groups is 2. The Morgan fingerprint density at radius 2 is 1.96 bits per heavy atom. The van der Waals surface area contributed by atoms with Crippen LogP contribution in [0.25, 0.3) is 0 Å². The Morgan fingerprint density at radius 3 is 2.62 bits per heavy atom. The van der Waals surface area contributed by atoms with Gasteiger partial charge in [-0.1, -0.05) is 37.3 Å². The fourth-order valence-electron chi connectivity index (χ4n) is 3.40. The summed E-state index contributed by atoms with van der Waals surface area (Å²) in [5.74, 6) is -1.30. The molecule has 2 aliphatic heterocycles. The van der Waals surface area contributed by atoms with Gasteiger partial charge in [-0.15, -0.1) is 0 Å². The molecule has 2 N–H and O–H groups in total. The van der Waals surface area contributed by atoms with E-state index in [1.54, 1.807) is 13.8 Å². The molecule has 0 radical (unpaired) electrons. The zero-order valence-electron chi connectivity index (χ0n) is 15.2. The predicted molar refractivity (Wildman–Crippen MR) is 91.1 cm³/mol.